The second-order valence-corrected chi connectivity index (χ2v) is 23.9. The van der Waals surface area contributed by atoms with Gasteiger partial charge in [-0.05, 0) is 61.6 Å². The summed E-state index contributed by atoms with van der Waals surface area (Å²) in [6, 6.07) is 114. The molecule has 0 saturated heterocycles. The number of aromatic nitrogens is 4. The van der Waals surface area contributed by atoms with Crippen LogP contribution in [-0.2, 0) is 60.3 Å². The van der Waals surface area contributed by atoms with E-state index >= 15 is 0 Å². The van der Waals surface area contributed by atoms with E-state index in [9.17, 15) is 37.0 Å². The molecule has 4 heterocycles. The normalized spacial score (nSPS) is 10.5. The first-order valence-electron chi connectivity index (χ1n) is 33.6. The van der Waals surface area contributed by atoms with E-state index in [2.05, 4.69) is 272 Å². The van der Waals surface area contributed by atoms with Gasteiger partial charge in [-0.2, -0.15) is 54.2 Å². The Balaban J connectivity index is 0.000000221. The molecule has 13 rings (SSSR count). The summed E-state index contributed by atoms with van der Waals surface area (Å²) >= 11 is 0. The standard InChI is InChI=1S/C27H29N6O.2C24H20B.C7HF5O2.2C2H3N.2Fe/c34-27(21-32(17-23-9-1-5-13-28-23)18-24-10-2-6-14-29-24)22-33(19-25-11-3-7-15-30-25)20-26-12-4-8-16-31-26;2*1-5-13-21(14-6-1)25(22-15-7-2-8-16-22,23-17-9-3-10-18-23)24-19-11-4-12-20-24;8-2-1(7(13)14)3(9)5(11)6(12)4(2)10;2*1-2-3;;/h1-16,27H,17-22H2;2*1-20H;(H,13,14);2*1H3;;/q3*-1;;;;2*+3/p-1. The van der Waals surface area contributed by atoms with Crippen molar-refractivity contribution in [2.75, 3.05) is 13.1 Å². The van der Waals surface area contributed by atoms with E-state index in [4.69, 9.17) is 10.5 Å². The smallest absolute Gasteiger partial charge is 0.850 e. The number of hydrogen-bond acceptors (Lipinski definition) is 11. The third-order valence-electron chi connectivity index (χ3n) is 17.2. The van der Waals surface area contributed by atoms with Crippen LogP contribution in [0.1, 0.15) is 47.0 Å². The summed E-state index contributed by atoms with van der Waals surface area (Å²) in [4.78, 5) is 32.1. The van der Waals surface area contributed by atoms with Crippen molar-refractivity contribution in [1.29, 1.82) is 10.5 Å². The van der Waals surface area contributed by atoms with E-state index in [1.54, 1.807) is 36.9 Å². The van der Waals surface area contributed by atoms with Crippen molar-refractivity contribution >= 4 is 62.0 Å². The minimum Gasteiger partial charge on any atom is -0.850 e. The number of carbonyl (C=O) groups is 1. The Bertz CT molecular complexity index is 4030. The van der Waals surface area contributed by atoms with Gasteiger partial charge in [0.1, 0.15) is 12.3 Å². The number of carboxylic acids is 1. The van der Waals surface area contributed by atoms with E-state index in [0.717, 1.165) is 22.8 Å². The van der Waals surface area contributed by atoms with Crippen molar-refractivity contribution in [3.63, 3.8) is 0 Å². The van der Waals surface area contributed by atoms with Crippen LogP contribution in [0.25, 0.3) is 0 Å². The first-order chi connectivity index (χ1) is 50.8. The molecular formula is C86H75B2F5Fe2N8O3+2. The van der Waals surface area contributed by atoms with Gasteiger partial charge in [0.2, 0.25) is 5.82 Å². The number of carbonyl (C=O) groups excluding carboxylic acids is 1. The number of nitrogens with zero attached hydrogens (tertiary/aromatic N) is 8. The Hall–Kier alpha value is -11.3. The molecule has 20 heteroatoms. The fourth-order valence-corrected chi connectivity index (χ4v) is 12.9. The van der Waals surface area contributed by atoms with Crippen molar-refractivity contribution < 1.29 is 71.1 Å². The molecule has 532 valence electrons. The summed E-state index contributed by atoms with van der Waals surface area (Å²) in [5, 5.41) is 38.0. The van der Waals surface area contributed by atoms with Gasteiger partial charge in [0.25, 0.3) is 0 Å². The molecular weight excluding hydrogens is 1420 g/mol. The Morgan fingerprint density at radius 1 is 0.340 bits per heavy atom. The van der Waals surface area contributed by atoms with Crippen LogP contribution in [0.3, 0.4) is 0 Å². The number of halogens is 5. The average Bonchev–Trinajstić information content (AvgIpc) is 0.745. The molecule has 0 aliphatic rings. The van der Waals surface area contributed by atoms with E-state index in [1.165, 1.54) is 57.5 Å². The largest absolute Gasteiger partial charge is 3.00 e. The van der Waals surface area contributed by atoms with Crippen LogP contribution in [0.5, 0.6) is 0 Å². The fourth-order valence-electron chi connectivity index (χ4n) is 12.9. The third kappa shape index (κ3) is 22.9. The summed E-state index contributed by atoms with van der Waals surface area (Å²) < 4.78 is 62.0. The monoisotopic (exact) mass is 1500 g/mol. The molecule has 9 aromatic carbocycles. The average molecular weight is 1500 g/mol. The van der Waals surface area contributed by atoms with Gasteiger partial charge in [-0.25, -0.2) is 22.0 Å². The zero-order chi connectivity index (χ0) is 73.8. The molecule has 0 N–H and O–H groups in total. The molecule has 11 nitrogen and oxygen atoms in total. The first-order valence-corrected chi connectivity index (χ1v) is 33.6. The summed E-state index contributed by atoms with van der Waals surface area (Å²) in [6.07, 6.45) is 3.88. The number of nitriles is 2. The second-order valence-electron chi connectivity index (χ2n) is 23.9. The van der Waals surface area contributed by atoms with Gasteiger partial charge in [-0.15, -0.1) is 6.10 Å². The van der Waals surface area contributed by atoms with Crippen molar-refractivity contribution in [2.45, 2.75) is 46.1 Å². The van der Waals surface area contributed by atoms with E-state index in [0.29, 0.717) is 39.3 Å². The zero-order valence-corrected chi connectivity index (χ0v) is 60.4. The predicted molar refractivity (Wildman–Crippen MR) is 402 cm³/mol. The minimum atomic E-state index is -2.47. The Morgan fingerprint density at radius 2 is 0.509 bits per heavy atom. The number of carboxylic acid groups (broad SMARTS) is 1. The van der Waals surface area contributed by atoms with Gasteiger partial charge in [0.15, 0.2) is 23.3 Å². The Morgan fingerprint density at radius 3 is 0.670 bits per heavy atom. The number of pyridine rings is 4. The maximum Gasteiger partial charge on any atom is 3.00 e. The topological polar surface area (TPSA) is 169 Å². The van der Waals surface area contributed by atoms with E-state index in [-0.39, 0.29) is 34.1 Å². The van der Waals surface area contributed by atoms with E-state index in [1.807, 2.05) is 72.8 Å². The number of hydrogen-bond donors (Lipinski definition) is 0. The van der Waals surface area contributed by atoms with Gasteiger partial charge < -0.3 is 15.0 Å². The quantitative estimate of drug-likeness (QED) is 0.0290. The van der Waals surface area contributed by atoms with Crippen molar-refractivity contribution in [3.8, 4) is 12.1 Å². The molecule has 0 atom stereocenters. The summed E-state index contributed by atoms with van der Waals surface area (Å²) in [5.41, 5.74) is 12.5. The third-order valence-corrected chi connectivity index (χ3v) is 17.2. The van der Waals surface area contributed by atoms with Crippen LogP contribution < -0.4 is 53.9 Å². The molecule has 0 bridgehead atoms. The molecule has 0 amide bonds. The Labute approximate surface area is 638 Å². The molecule has 106 heavy (non-hydrogen) atoms. The van der Waals surface area contributed by atoms with Crippen LogP contribution in [0.4, 0.5) is 22.0 Å². The number of aromatic carboxylic acids is 1. The van der Waals surface area contributed by atoms with Gasteiger partial charge in [-0.1, -0.05) is 267 Å². The minimum absolute atomic E-state index is 0. The molecule has 0 saturated carbocycles. The molecule has 2 radical (unpaired) electrons. The zero-order valence-electron chi connectivity index (χ0n) is 58.2. The van der Waals surface area contributed by atoms with Crippen LogP contribution in [0.15, 0.2) is 340 Å². The van der Waals surface area contributed by atoms with Crippen molar-refractivity contribution in [1.82, 2.24) is 29.7 Å². The van der Waals surface area contributed by atoms with Crippen LogP contribution in [-0.4, -0.2) is 67.2 Å². The number of benzene rings is 9. The maximum atomic E-state index is 13.3. The second kappa shape index (κ2) is 44.4. The predicted octanol–water partition coefficient (Wildman–Crippen LogP) is 10.6. The molecule has 13 aromatic rings. The van der Waals surface area contributed by atoms with E-state index < -0.39 is 59.0 Å². The summed E-state index contributed by atoms with van der Waals surface area (Å²) in [7, 11) is 0. The van der Waals surface area contributed by atoms with Gasteiger partial charge in [0.05, 0.1) is 46.4 Å². The summed E-state index contributed by atoms with van der Waals surface area (Å²) in [5.74, 6) is -14.4. The van der Waals surface area contributed by atoms with Gasteiger partial charge in [0, 0.05) is 64.8 Å². The van der Waals surface area contributed by atoms with Crippen molar-refractivity contribution in [2.24, 2.45) is 0 Å². The van der Waals surface area contributed by atoms with Crippen LogP contribution >= 0.6 is 0 Å². The Kier molecular flexibility index (Phi) is 35.0. The molecule has 0 fully saturated rings. The van der Waals surface area contributed by atoms with Gasteiger partial charge >= 0.3 is 34.1 Å². The molecule has 0 aliphatic carbocycles. The van der Waals surface area contributed by atoms with Gasteiger partial charge in [-0.3, -0.25) is 29.7 Å². The maximum absolute atomic E-state index is 13.3. The SMILES string of the molecule is CC#N.CC#N.O=C([O-])c1c(F)c(F)c(F)c(F)c1F.[Fe+3].[Fe+3].[O-]C(CN(Cc1ccccn1)Cc1ccccn1)CN(Cc1ccccn1)Cc1ccccn1.c1ccc([B-](c2ccccc2)(c2ccccc2)c2ccccc2)cc1.c1ccc([B-](c2ccccc2)(c2ccccc2)c2ccccc2)cc1. The molecule has 4 aromatic heterocycles. The first kappa shape index (κ1) is 83.7. The molecule has 0 spiro atoms. The van der Waals surface area contributed by atoms with Crippen LogP contribution in [0.2, 0.25) is 0 Å². The molecule has 0 unspecified atom stereocenters. The number of rotatable bonds is 21. The molecule has 0 aliphatic heterocycles. The summed E-state index contributed by atoms with van der Waals surface area (Å²) in [6.45, 7) is 6.00. The fraction of sp³-hybridized carbons (Fsp3) is 0.105. The van der Waals surface area contributed by atoms with Crippen molar-refractivity contribution in [3.05, 3.63) is 398 Å². The van der Waals surface area contributed by atoms with Crippen LogP contribution in [0, 0.1) is 51.7 Å².